The van der Waals surface area contributed by atoms with E-state index in [0.29, 0.717) is 5.78 Å². The Bertz CT molecular complexity index is 555. The Hall–Kier alpha value is -0.200. The highest BCUT2D eigenvalue weighted by Crippen LogP contribution is 2.37. The highest BCUT2D eigenvalue weighted by molar-refractivity contribution is 14.1. The molecule has 0 bridgehead atoms. The maximum absolute atomic E-state index is 12.5. The summed E-state index contributed by atoms with van der Waals surface area (Å²) in [7, 11) is 0. The van der Waals surface area contributed by atoms with Gasteiger partial charge in [0.1, 0.15) is 0 Å². The molecule has 0 fully saturated rings. The fourth-order valence-electron chi connectivity index (χ4n) is 2.40. The van der Waals surface area contributed by atoms with E-state index in [1.165, 1.54) is 13.3 Å². The first kappa shape index (κ1) is 11.9. The Labute approximate surface area is 122 Å². The van der Waals surface area contributed by atoms with E-state index in [0.717, 1.165) is 24.8 Å². The van der Waals surface area contributed by atoms with Crippen molar-refractivity contribution >= 4 is 51.0 Å². The molecule has 0 saturated carbocycles. The van der Waals surface area contributed by atoms with Crippen molar-refractivity contribution in [1.29, 1.82) is 0 Å². The zero-order valence-corrected chi connectivity index (χ0v) is 12.9. The summed E-state index contributed by atoms with van der Waals surface area (Å²) in [5, 5.41) is 4.11. The molecule has 0 aliphatic heterocycles. The van der Waals surface area contributed by atoms with Crippen molar-refractivity contribution in [1.82, 2.24) is 0 Å². The Morgan fingerprint density at radius 1 is 1.41 bits per heavy atom. The van der Waals surface area contributed by atoms with Gasteiger partial charge in [-0.25, -0.2) is 0 Å². The first-order valence-corrected chi connectivity index (χ1v) is 8.44. The van der Waals surface area contributed by atoms with Gasteiger partial charge in [0.2, 0.25) is 0 Å². The summed E-state index contributed by atoms with van der Waals surface area (Å²) in [4.78, 5) is 13.9. The van der Waals surface area contributed by atoms with Crippen LogP contribution in [0.3, 0.4) is 0 Å². The monoisotopic (exact) mass is 374 g/mol. The van der Waals surface area contributed by atoms with Crippen LogP contribution in [0, 0.1) is 2.88 Å². The Kier molecular flexibility index (Phi) is 3.36. The highest BCUT2D eigenvalue weighted by atomic mass is 127. The van der Waals surface area contributed by atoms with Gasteiger partial charge in [-0.1, -0.05) is 0 Å². The van der Waals surface area contributed by atoms with Crippen LogP contribution in [-0.4, -0.2) is 5.78 Å². The minimum atomic E-state index is 0.107. The molecule has 0 aromatic carbocycles. The lowest BCUT2D eigenvalue weighted by molar-refractivity contribution is 0.0952. The van der Waals surface area contributed by atoms with E-state index in [1.54, 1.807) is 22.7 Å². The molecular formula is C13H11IOS2. The predicted octanol–water partition coefficient (Wildman–Crippen LogP) is 4.72. The zero-order valence-electron chi connectivity index (χ0n) is 9.11. The number of carbonyl (C=O) groups excluding carboxylic acids is 1. The van der Waals surface area contributed by atoms with Crippen LogP contribution < -0.4 is 0 Å². The standard InChI is InChI=1S/C13H11IOS2/c14-12-6-8(7-17-12)13(15)10-2-1-3-11-9(10)4-5-16-11/h4-7,10H,1-3H2. The number of Topliss-reactive ketones (excluding diaryl/α,β-unsaturated/α-hetero) is 1. The van der Waals surface area contributed by atoms with E-state index in [-0.39, 0.29) is 5.92 Å². The molecule has 0 N–H and O–H groups in total. The van der Waals surface area contributed by atoms with Gasteiger partial charge in [-0.3, -0.25) is 4.79 Å². The molecule has 1 aliphatic rings. The molecule has 3 rings (SSSR count). The second-order valence-corrected chi connectivity index (χ2v) is 8.05. The van der Waals surface area contributed by atoms with Crippen LogP contribution in [0.5, 0.6) is 0 Å². The van der Waals surface area contributed by atoms with E-state index in [4.69, 9.17) is 0 Å². The average molecular weight is 374 g/mol. The van der Waals surface area contributed by atoms with Crippen molar-refractivity contribution in [3.63, 3.8) is 0 Å². The summed E-state index contributed by atoms with van der Waals surface area (Å²) in [6.07, 6.45) is 3.30. The second kappa shape index (κ2) is 4.82. The minimum Gasteiger partial charge on any atom is -0.293 e. The molecule has 4 heteroatoms. The van der Waals surface area contributed by atoms with Crippen LogP contribution in [-0.2, 0) is 6.42 Å². The first-order chi connectivity index (χ1) is 8.25. The van der Waals surface area contributed by atoms with Crippen LogP contribution in [0.25, 0.3) is 0 Å². The Morgan fingerprint density at radius 3 is 3.06 bits per heavy atom. The van der Waals surface area contributed by atoms with Gasteiger partial charge in [-0.15, -0.1) is 22.7 Å². The molecule has 17 heavy (non-hydrogen) atoms. The Balaban J connectivity index is 1.94. The summed E-state index contributed by atoms with van der Waals surface area (Å²) in [6, 6.07) is 4.15. The molecule has 1 unspecified atom stereocenters. The topological polar surface area (TPSA) is 17.1 Å². The summed E-state index contributed by atoms with van der Waals surface area (Å²) in [5.41, 5.74) is 2.18. The lowest BCUT2D eigenvalue weighted by Crippen LogP contribution is -2.16. The number of fused-ring (bicyclic) bond motifs is 1. The van der Waals surface area contributed by atoms with Gasteiger partial charge in [-0.05, 0) is 64.9 Å². The van der Waals surface area contributed by atoms with Crippen LogP contribution in [0.1, 0.15) is 39.6 Å². The SMILES string of the molecule is O=C(c1csc(I)c1)C1CCCc2sccc21. The number of hydrogen-bond donors (Lipinski definition) is 0. The van der Waals surface area contributed by atoms with Crippen LogP contribution in [0.2, 0.25) is 0 Å². The fourth-order valence-corrected chi connectivity index (χ4v) is 4.72. The molecule has 1 atom stereocenters. The molecule has 1 aliphatic carbocycles. The van der Waals surface area contributed by atoms with Crippen molar-refractivity contribution in [3.05, 3.63) is 41.8 Å². The van der Waals surface area contributed by atoms with Crippen molar-refractivity contribution in [2.75, 3.05) is 0 Å². The molecule has 0 radical (unpaired) electrons. The quantitative estimate of drug-likeness (QED) is 0.549. The van der Waals surface area contributed by atoms with Gasteiger partial charge in [-0.2, -0.15) is 0 Å². The van der Waals surface area contributed by atoms with Crippen LogP contribution in [0.4, 0.5) is 0 Å². The minimum absolute atomic E-state index is 0.107. The van der Waals surface area contributed by atoms with E-state index in [2.05, 4.69) is 34.0 Å². The fraction of sp³-hybridized carbons (Fsp3) is 0.308. The number of halogens is 1. The second-order valence-electron chi connectivity index (χ2n) is 4.25. The maximum atomic E-state index is 12.5. The normalized spacial score (nSPS) is 19.0. The molecule has 88 valence electrons. The summed E-state index contributed by atoms with van der Waals surface area (Å²) in [6.45, 7) is 0. The van der Waals surface area contributed by atoms with Gasteiger partial charge in [0.05, 0.1) is 2.88 Å². The van der Waals surface area contributed by atoms with Crippen molar-refractivity contribution in [2.45, 2.75) is 25.2 Å². The zero-order chi connectivity index (χ0) is 11.8. The smallest absolute Gasteiger partial charge is 0.171 e. The van der Waals surface area contributed by atoms with Crippen molar-refractivity contribution in [3.8, 4) is 0 Å². The van der Waals surface area contributed by atoms with Crippen LogP contribution >= 0.6 is 45.3 Å². The van der Waals surface area contributed by atoms with Crippen LogP contribution in [0.15, 0.2) is 22.9 Å². The largest absolute Gasteiger partial charge is 0.293 e. The Morgan fingerprint density at radius 2 is 2.29 bits per heavy atom. The molecule has 0 amide bonds. The summed E-state index contributed by atoms with van der Waals surface area (Å²) >= 11 is 5.72. The van der Waals surface area contributed by atoms with E-state index < -0.39 is 0 Å². The van der Waals surface area contributed by atoms with Crippen molar-refractivity contribution in [2.24, 2.45) is 0 Å². The summed E-state index contributed by atoms with van der Waals surface area (Å²) < 4.78 is 1.19. The number of thiophene rings is 2. The van der Waals surface area contributed by atoms with Crippen molar-refractivity contribution < 1.29 is 4.79 Å². The molecule has 1 nitrogen and oxygen atoms in total. The van der Waals surface area contributed by atoms with Gasteiger partial charge in [0, 0.05) is 21.7 Å². The third-order valence-electron chi connectivity index (χ3n) is 3.22. The number of carbonyl (C=O) groups is 1. The highest BCUT2D eigenvalue weighted by Gasteiger charge is 2.28. The van der Waals surface area contributed by atoms with Gasteiger partial charge >= 0.3 is 0 Å². The van der Waals surface area contributed by atoms with Gasteiger partial charge in [0.15, 0.2) is 5.78 Å². The number of hydrogen-bond acceptors (Lipinski definition) is 3. The number of aryl methyl sites for hydroxylation is 1. The number of ketones is 1. The van der Waals surface area contributed by atoms with Gasteiger partial charge in [0.25, 0.3) is 0 Å². The lowest BCUT2D eigenvalue weighted by atomic mass is 9.83. The third-order valence-corrected chi connectivity index (χ3v) is 6.01. The average Bonchev–Trinajstić information content (AvgIpc) is 2.95. The van der Waals surface area contributed by atoms with Gasteiger partial charge < -0.3 is 0 Å². The summed E-state index contributed by atoms with van der Waals surface area (Å²) in [5.74, 6) is 0.416. The third kappa shape index (κ3) is 2.22. The first-order valence-electron chi connectivity index (χ1n) is 5.60. The molecule has 0 spiro atoms. The van der Waals surface area contributed by atoms with E-state index in [1.807, 2.05) is 11.4 Å². The molecule has 0 saturated heterocycles. The molecular weight excluding hydrogens is 363 g/mol. The lowest BCUT2D eigenvalue weighted by Gasteiger charge is -2.20. The number of rotatable bonds is 2. The molecule has 2 aromatic heterocycles. The predicted molar refractivity (Wildman–Crippen MR) is 81.4 cm³/mol. The van der Waals surface area contributed by atoms with E-state index in [9.17, 15) is 4.79 Å². The van der Waals surface area contributed by atoms with E-state index >= 15 is 0 Å². The molecule has 2 aromatic rings. The maximum Gasteiger partial charge on any atom is 0.171 e. The molecule has 2 heterocycles.